The molecule has 2 aromatic carbocycles. The molecule has 4 rings (SSSR count). The third-order valence-corrected chi connectivity index (χ3v) is 4.30. The van der Waals surface area contributed by atoms with Gasteiger partial charge in [0.15, 0.2) is 0 Å². The molecule has 2 heterocycles. The summed E-state index contributed by atoms with van der Waals surface area (Å²) < 4.78 is 2.10. The number of imidazole rings is 1. The number of para-hydroxylation sites is 2. The standard InChI is InChI=1S/C16H11N3S/c1-2-6-15-14(5-1)18-11-19(15)20-16-7-3-4-12-10-17-9-8-13(12)16/h1-11H. The number of fused-ring (bicyclic) bond motifs is 2. The van der Waals surface area contributed by atoms with Crippen LogP contribution in [0.25, 0.3) is 21.8 Å². The molecule has 2 aromatic heterocycles. The molecule has 20 heavy (non-hydrogen) atoms. The minimum atomic E-state index is 1.02. The molecule has 0 saturated heterocycles. The molecule has 0 spiro atoms. The topological polar surface area (TPSA) is 30.7 Å². The Morgan fingerprint density at radius 1 is 0.950 bits per heavy atom. The summed E-state index contributed by atoms with van der Waals surface area (Å²) in [5.74, 6) is 0. The molecular weight excluding hydrogens is 266 g/mol. The van der Waals surface area contributed by atoms with Gasteiger partial charge in [0.2, 0.25) is 0 Å². The predicted octanol–water partition coefficient (Wildman–Crippen LogP) is 4.14. The molecule has 0 aliphatic carbocycles. The molecule has 0 radical (unpaired) electrons. The van der Waals surface area contributed by atoms with Crippen molar-refractivity contribution in [2.75, 3.05) is 0 Å². The van der Waals surface area contributed by atoms with Crippen molar-refractivity contribution in [1.82, 2.24) is 13.9 Å². The van der Waals surface area contributed by atoms with Gasteiger partial charge in [0, 0.05) is 28.1 Å². The number of hydrogen-bond donors (Lipinski definition) is 0. The molecule has 0 fully saturated rings. The van der Waals surface area contributed by atoms with Crippen molar-refractivity contribution >= 4 is 33.8 Å². The molecule has 4 heteroatoms. The fourth-order valence-corrected chi connectivity index (χ4v) is 3.27. The first-order valence-electron chi connectivity index (χ1n) is 6.35. The Bertz CT molecular complexity index is 893. The highest BCUT2D eigenvalue weighted by Gasteiger charge is 2.06. The third-order valence-electron chi connectivity index (χ3n) is 3.26. The van der Waals surface area contributed by atoms with Crippen molar-refractivity contribution < 1.29 is 0 Å². The van der Waals surface area contributed by atoms with Gasteiger partial charge in [-0.3, -0.25) is 8.96 Å². The average Bonchev–Trinajstić information content (AvgIpc) is 2.91. The summed E-state index contributed by atoms with van der Waals surface area (Å²) in [7, 11) is 0. The van der Waals surface area contributed by atoms with E-state index in [1.54, 1.807) is 11.9 Å². The van der Waals surface area contributed by atoms with Crippen molar-refractivity contribution in [1.29, 1.82) is 0 Å². The Kier molecular flexibility index (Phi) is 2.67. The van der Waals surface area contributed by atoms with Gasteiger partial charge in [0.1, 0.15) is 6.33 Å². The van der Waals surface area contributed by atoms with Gasteiger partial charge in [0.25, 0.3) is 0 Å². The smallest absolute Gasteiger partial charge is 0.106 e. The lowest BCUT2D eigenvalue weighted by Gasteiger charge is -2.06. The van der Waals surface area contributed by atoms with E-state index in [1.807, 2.05) is 36.9 Å². The molecule has 0 aliphatic heterocycles. The van der Waals surface area contributed by atoms with Crippen LogP contribution in [0.15, 0.2) is 72.1 Å². The van der Waals surface area contributed by atoms with Crippen molar-refractivity contribution in [3.63, 3.8) is 0 Å². The van der Waals surface area contributed by atoms with E-state index in [0.29, 0.717) is 0 Å². The van der Waals surface area contributed by atoms with Gasteiger partial charge >= 0.3 is 0 Å². The van der Waals surface area contributed by atoms with Crippen LogP contribution in [0.3, 0.4) is 0 Å². The van der Waals surface area contributed by atoms with Gasteiger partial charge in [-0.05, 0) is 36.2 Å². The van der Waals surface area contributed by atoms with E-state index in [0.717, 1.165) is 16.4 Å². The zero-order valence-corrected chi connectivity index (χ0v) is 11.4. The van der Waals surface area contributed by atoms with Crippen LogP contribution in [0, 0.1) is 0 Å². The lowest BCUT2D eigenvalue weighted by molar-refractivity contribution is 1.26. The highest BCUT2D eigenvalue weighted by molar-refractivity contribution is 7.98. The number of benzene rings is 2. The van der Waals surface area contributed by atoms with E-state index in [1.165, 1.54) is 10.3 Å². The quantitative estimate of drug-likeness (QED) is 0.551. The second-order valence-electron chi connectivity index (χ2n) is 4.50. The number of aromatic nitrogens is 3. The van der Waals surface area contributed by atoms with Crippen molar-refractivity contribution in [3.05, 3.63) is 67.3 Å². The zero-order valence-electron chi connectivity index (χ0n) is 10.6. The zero-order chi connectivity index (χ0) is 13.4. The maximum Gasteiger partial charge on any atom is 0.106 e. The van der Waals surface area contributed by atoms with Gasteiger partial charge in [-0.25, -0.2) is 4.98 Å². The molecule has 0 bridgehead atoms. The van der Waals surface area contributed by atoms with Gasteiger partial charge < -0.3 is 0 Å². The fourth-order valence-electron chi connectivity index (χ4n) is 2.29. The summed E-state index contributed by atoms with van der Waals surface area (Å²) in [6.07, 6.45) is 5.60. The number of rotatable bonds is 2. The van der Waals surface area contributed by atoms with E-state index in [-0.39, 0.29) is 0 Å². The van der Waals surface area contributed by atoms with Crippen LogP contribution in [0.5, 0.6) is 0 Å². The fraction of sp³-hybridized carbons (Fsp3) is 0. The highest BCUT2D eigenvalue weighted by Crippen LogP contribution is 2.30. The summed E-state index contributed by atoms with van der Waals surface area (Å²) in [6.45, 7) is 0. The Morgan fingerprint density at radius 2 is 1.90 bits per heavy atom. The third kappa shape index (κ3) is 1.85. The Balaban J connectivity index is 1.85. The van der Waals surface area contributed by atoms with Crippen LogP contribution in [-0.4, -0.2) is 13.9 Å². The first-order chi connectivity index (χ1) is 9.92. The minimum Gasteiger partial charge on any atom is -0.268 e. The summed E-state index contributed by atoms with van der Waals surface area (Å²) >= 11 is 1.68. The highest BCUT2D eigenvalue weighted by atomic mass is 32.2. The van der Waals surface area contributed by atoms with Crippen LogP contribution >= 0.6 is 11.9 Å². The van der Waals surface area contributed by atoms with E-state index in [9.17, 15) is 0 Å². The second kappa shape index (κ2) is 4.65. The van der Waals surface area contributed by atoms with Gasteiger partial charge in [-0.2, -0.15) is 0 Å². The van der Waals surface area contributed by atoms with Gasteiger partial charge in [0.05, 0.1) is 11.0 Å². The number of nitrogens with zero attached hydrogens (tertiary/aromatic N) is 3. The maximum atomic E-state index is 4.42. The van der Waals surface area contributed by atoms with Crippen molar-refractivity contribution in [2.45, 2.75) is 4.90 Å². The molecule has 0 amide bonds. The predicted molar refractivity (Wildman–Crippen MR) is 82.7 cm³/mol. The van der Waals surface area contributed by atoms with E-state index in [2.05, 4.69) is 44.3 Å². The van der Waals surface area contributed by atoms with Crippen LogP contribution in [0.1, 0.15) is 0 Å². The molecule has 4 aromatic rings. The summed E-state index contributed by atoms with van der Waals surface area (Å²) in [6, 6.07) is 16.5. The Morgan fingerprint density at radius 3 is 2.90 bits per heavy atom. The average molecular weight is 277 g/mol. The lowest BCUT2D eigenvalue weighted by Crippen LogP contribution is -1.86. The Hall–Kier alpha value is -2.33. The van der Waals surface area contributed by atoms with E-state index in [4.69, 9.17) is 0 Å². The van der Waals surface area contributed by atoms with Crippen molar-refractivity contribution in [2.24, 2.45) is 0 Å². The monoisotopic (exact) mass is 277 g/mol. The number of pyridine rings is 1. The lowest BCUT2D eigenvalue weighted by atomic mass is 10.2. The first kappa shape index (κ1) is 11.5. The van der Waals surface area contributed by atoms with Crippen LogP contribution < -0.4 is 0 Å². The second-order valence-corrected chi connectivity index (χ2v) is 5.52. The maximum absolute atomic E-state index is 4.42. The molecule has 0 atom stereocenters. The van der Waals surface area contributed by atoms with Gasteiger partial charge in [-0.1, -0.05) is 24.3 Å². The summed E-state index contributed by atoms with van der Waals surface area (Å²) in [5.41, 5.74) is 2.14. The normalized spacial score (nSPS) is 11.2. The first-order valence-corrected chi connectivity index (χ1v) is 7.12. The molecule has 0 aliphatic rings. The summed E-state index contributed by atoms with van der Waals surface area (Å²) in [5, 5.41) is 2.37. The van der Waals surface area contributed by atoms with Crippen LogP contribution in [-0.2, 0) is 0 Å². The molecule has 0 N–H and O–H groups in total. The summed E-state index contributed by atoms with van der Waals surface area (Å²) in [4.78, 5) is 9.80. The number of hydrogen-bond acceptors (Lipinski definition) is 3. The Labute approximate surface area is 120 Å². The van der Waals surface area contributed by atoms with E-state index < -0.39 is 0 Å². The van der Waals surface area contributed by atoms with Crippen molar-refractivity contribution in [3.8, 4) is 0 Å². The van der Waals surface area contributed by atoms with Gasteiger partial charge in [-0.15, -0.1) is 0 Å². The molecule has 0 saturated carbocycles. The molecular formula is C16H11N3S. The van der Waals surface area contributed by atoms with Crippen LogP contribution in [0.4, 0.5) is 0 Å². The minimum absolute atomic E-state index is 1.02. The molecule has 3 nitrogen and oxygen atoms in total. The molecule has 0 unspecified atom stereocenters. The largest absolute Gasteiger partial charge is 0.268 e. The van der Waals surface area contributed by atoms with E-state index >= 15 is 0 Å². The SMILES string of the molecule is c1cc(Sn2cnc3ccccc32)c2ccncc2c1. The molecule has 96 valence electrons. The van der Waals surface area contributed by atoms with Crippen LogP contribution in [0.2, 0.25) is 0 Å².